The first-order valence-electron chi connectivity index (χ1n) is 8.65. The van der Waals surface area contributed by atoms with Gasteiger partial charge < -0.3 is 14.5 Å². The van der Waals surface area contributed by atoms with Crippen molar-refractivity contribution in [3.63, 3.8) is 0 Å². The summed E-state index contributed by atoms with van der Waals surface area (Å²) in [6.45, 7) is 2.95. The third-order valence-electron chi connectivity index (χ3n) is 4.52. The summed E-state index contributed by atoms with van der Waals surface area (Å²) in [5.41, 5.74) is 2.33. The highest BCUT2D eigenvalue weighted by Crippen LogP contribution is 2.29. The molecule has 0 radical (unpaired) electrons. The lowest BCUT2D eigenvalue weighted by Gasteiger charge is -2.06. The van der Waals surface area contributed by atoms with E-state index in [4.69, 9.17) is 20.8 Å². The molecule has 1 saturated carbocycles. The van der Waals surface area contributed by atoms with E-state index < -0.39 is 0 Å². The first-order valence-corrected chi connectivity index (χ1v) is 9.02. The van der Waals surface area contributed by atoms with E-state index in [1.807, 2.05) is 19.1 Å². The van der Waals surface area contributed by atoms with Crippen molar-refractivity contribution >= 4 is 28.5 Å². The van der Waals surface area contributed by atoms with Crippen molar-refractivity contribution in [2.45, 2.75) is 26.3 Å². The van der Waals surface area contributed by atoms with Gasteiger partial charge in [0.1, 0.15) is 5.58 Å². The number of rotatable bonds is 6. The minimum Gasteiger partial charge on any atom is -0.477 e. The number of nitrogens with one attached hydrogen (secondary N) is 1. The number of furan rings is 1. The van der Waals surface area contributed by atoms with Crippen LogP contribution >= 0.6 is 11.6 Å². The topological polar surface area (TPSA) is 64.4 Å². The van der Waals surface area contributed by atoms with Crippen molar-refractivity contribution in [1.29, 1.82) is 0 Å². The van der Waals surface area contributed by atoms with Crippen LogP contribution in [0.5, 0.6) is 5.88 Å². The molecule has 0 spiro atoms. The van der Waals surface area contributed by atoms with Gasteiger partial charge in [0.2, 0.25) is 5.88 Å². The highest BCUT2D eigenvalue weighted by atomic mass is 35.5. The number of aryl methyl sites for hydroxylation is 1. The Morgan fingerprint density at radius 2 is 2.19 bits per heavy atom. The van der Waals surface area contributed by atoms with Gasteiger partial charge in [0.25, 0.3) is 5.91 Å². The van der Waals surface area contributed by atoms with E-state index >= 15 is 0 Å². The van der Waals surface area contributed by atoms with Gasteiger partial charge in [-0.1, -0.05) is 17.7 Å². The number of aromatic nitrogens is 1. The van der Waals surface area contributed by atoms with E-state index in [2.05, 4.69) is 10.3 Å². The quantitative estimate of drug-likeness (QED) is 0.693. The standard InChI is InChI=1S/C20H19ClN2O3/c1-12-16-8-15(21)5-6-17(16)26-19(12)20(24)23-10-14-4-7-18(22-9-14)25-11-13-2-3-13/h4-9,13H,2-3,10-11H2,1H3,(H,23,24). The lowest BCUT2D eigenvalue weighted by atomic mass is 10.1. The van der Waals surface area contributed by atoms with Crippen molar-refractivity contribution < 1.29 is 13.9 Å². The van der Waals surface area contributed by atoms with E-state index in [-0.39, 0.29) is 5.91 Å². The molecule has 0 bridgehead atoms. The number of hydrogen-bond donors (Lipinski definition) is 1. The molecule has 134 valence electrons. The Balaban J connectivity index is 1.39. The molecular formula is C20H19ClN2O3. The van der Waals surface area contributed by atoms with Crippen LogP contribution in [0.25, 0.3) is 11.0 Å². The fourth-order valence-electron chi connectivity index (χ4n) is 2.76. The largest absolute Gasteiger partial charge is 0.477 e. The minimum absolute atomic E-state index is 0.260. The van der Waals surface area contributed by atoms with Crippen molar-refractivity contribution in [2.24, 2.45) is 5.92 Å². The highest BCUT2D eigenvalue weighted by molar-refractivity contribution is 6.31. The van der Waals surface area contributed by atoms with Gasteiger partial charge in [-0.3, -0.25) is 4.79 Å². The second-order valence-corrected chi connectivity index (χ2v) is 7.07. The number of halogens is 1. The predicted molar refractivity (Wildman–Crippen MR) is 99.6 cm³/mol. The number of carbonyl (C=O) groups is 1. The van der Waals surface area contributed by atoms with Crippen LogP contribution < -0.4 is 10.1 Å². The molecule has 1 aromatic carbocycles. The Morgan fingerprint density at radius 3 is 2.92 bits per heavy atom. The summed E-state index contributed by atoms with van der Waals surface area (Å²) in [6, 6.07) is 9.05. The third-order valence-corrected chi connectivity index (χ3v) is 4.75. The molecule has 2 aromatic heterocycles. The van der Waals surface area contributed by atoms with Crippen LogP contribution in [-0.2, 0) is 6.54 Å². The maximum absolute atomic E-state index is 12.5. The second kappa shape index (κ2) is 7.00. The Labute approximate surface area is 156 Å². The molecule has 0 aliphatic heterocycles. The number of benzene rings is 1. The zero-order valence-corrected chi connectivity index (χ0v) is 15.2. The molecule has 1 aliphatic rings. The summed E-state index contributed by atoms with van der Waals surface area (Å²) in [4.78, 5) is 16.7. The first kappa shape index (κ1) is 16.9. The molecular weight excluding hydrogens is 352 g/mol. The molecule has 2 heterocycles. The van der Waals surface area contributed by atoms with Crippen molar-refractivity contribution in [3.8, 4) is 5.88 Å². The molecule has 5 nitrogen and oxygen atoms in total. The van der Waals surface area contributed by atoms with E-state index in [9.17, 15) is 4.79 Å². The average molecular weight is 371 g/mol. The van der Waals surface area contributed by atoms with Gasteiger partial charge in [-0.05, 0) is 49.4 Å². The Kier molecular flexibility index (Phi) is 4.55. The summed E-state index contributed by atoms with van der Waals surface area (Å²) in [5, 5.41) is 4.33. The second-order valence-electron chi connectivity index (χ2n) is 6.64. The van der Waals surface area contributed by atoms with E-state index in [0.29, 0.717) is 34.7 Å². The van der Waals surface area contributed by atoms with Gasteiger partial charge in [-0.25, -0.2) is 4.98 Å². The summed E-state index contributed by atoms with van der Waals surface area (Å²) >= 11 is 6.02. The highest BCUT2D eigenvalue weighted by Gasteiger charge is 2.22. The number of pyridine rings is 1. The Morgan fingerprint density at radius 1 is 1.35 bits per heavy atom. The van der Waals surface area contributed by atoms with Crippen LogP contribution in [0, 0.1) is 12.8 Å². The normalized spacial score (nSPS) is 13.8. The van der Waals surface area contributed by atoms with Gasteiger partial charge in [0.15, 0.2) is 5.76 Å². The maximum Gasteiger partial charge on any atom is 0.287 e. The fraction of sp³-hybridized carbons (Fsp3) is 0.300. The molecule has 3 aromatic rings. The molecule has 26 heavy (non-hydrogen) atoms. The predicted octanol–water partition coefficient (Wildman–Crippen LogP) is 4.51. The van der Waals surface area contributed by atoms with Crippen LogP contribution in [-0.4, -0.2) is 17.5 Å². The van der Waals surface area contributed by atoms with Crippen LogP contribution in [0.1, 0.15) is 34.5 Å². The number of amides is 1. The van der Waals surface area contributed by atoms with Crippen LogP contribution in [0.15, 0.2) is 40.9 Å². The molecule has 1 amide bonds. The van der Waals surface area contributed by atoms with Crippen molar-refractivity contribution in [3.05, 3.63) is 58.4 Å². The molecule has 6 heteroatoms. The molecule has 1 N–H and O–H groups in total. The van der Waals surface area contributed by atoms with Crippen LogP contribution in [0.4, 0.5) is 0 Å². The number of carbonyl (C=O) groups excluding carboxylic acids is 1. The van der Waals surface area contributed by atoms with E-state index in [1.165, 1.54) is 12.8 Å². The van der Waals surface area contributed by atoms with Gasteiger partial charge in [0, 0.05) is 34.8 Å². The fourth-order valence-corrected chi connectivity index (χ4v) is 2.93. The molecule has 1 fully saturated rings. The summed E-state index contributed by atoms with van der Waals surface area (Å²) < 4.78 is 11.3. The summed E-state index contributed by atoms with van der Waals surface area (Å²) in [5.74, 6) is 1.36. The van der Waals surface area contributed by atoms with Gasteiger partial charge >= 0.3 is 0 Å². The third kappa shape index (κ3) is 3.68. The van der Waals surface area contributed by atoms with Crippen molar-refractivity contribution in [2.75, 3.05) is 6.61 Å². The number of nitrogens with zero attached hydrogens (tertiary/aromatic N) is 1. The van der Waals surface area contributed by atoms with Gasteiger partial charge in [0.05, 0.1) is 6.61 Å². The van der Waals surface area contributed by atoms with E-state index in [1.54, 1.807) is 24.4 Å². The zero-order chi connectivity index (χ0) is 18.1. The zero-order valence-electron chi connectivity index (χ0n) is 14.4. The lowest BCUT2D eigenvalue weighted by Crippen LogP contribution is -2.23. The maximum atomic E-state index is 12.5. The molecule has 4 rings (SSSR count). The number of fused-ring (bicyclic) bond motifs is 1. The van der Waals surface area contributed by atoms with Gasteiger partial charge in [-0.15, -0.1) is 0 Å². The SMILES string of the molecule is Cc1c(C(=O)NCc2ccc(OCC3CC3)nc2)oc2ccc(Cl)cc12. The molecule has 0 atom stereocenters. The Hall–Kier alpha value is -2.53. The average Bonchev–Trinajstić information content (AvgIpc) is 3.43. The Bertz CT molecular complexity index is 946. The molecule has 0 saturated heterocycles. The molecule has 1 aliphatic carbocycles. The minimum atomic E-state index is -0.260. The monoisotopic (exact) mass is 370 g/mol. The lowest BCUT2D eigenvalue weighted by molar-refractivity contribution is 0.0924. The van der Waals surface area contributed by atoms with Crippen LogP contribution in [0.3, 0.4) is 0 Å². The van der Waals surface area contributed by atoms with Gasteiger partial charge in [-0.2, -0.15) is 0 Å². The number of ether oxygens (including phenoxy) is 1. The first-order chi connectivity index (χ1) is 12.6. The van der Waals surface area contributed by atoms with Crippen LogP contribution in [0.2, 0.25) is 5.02 Å². The number of hydrogen-bond acceptors (Lipinski definition) is 4. The smallest absolute Gasteiger partial charge is 0.287 e. The summed E-state index contributed by atoms with van der Waals surface area (Å²) in [6.07, 6.45) is 4.21. The molecule has 0 unspecified atom stereocenters. The van der Waals surface area contributed by atoms with Crippen molar-refractivity contribution in [1.82, 2.24) is 10.3 Å². The summed E-state index contributed by atoms with van der Waals surface area (Å²) in [7, 11) is 0. The van der Waals surface area contributed by atoms with E-state index in [0.717, 1.165) is 23.1 Å².